The first kappa shape index (κ1) is 27.5. The molecule has 1 aromatic carbocycles. The molecule has 4 aliphatic rings. The van der Waals surface area contributed by atoms with Crippen molar-refractivity contribution in [3.05, 3.63) is 35.9 Å². The van der Waals surface area contributed by atoms with Gasteiger partial charge in [0.25, 0.3) is 0 Å². The van der Waals surface area contributed by atoms with Crippen LogP contribution in [0, 0.1) is 23.2 Å². The van der Waals surface area contributed by atoms with E-state index < -0.39 is 0 Å². The zero-order valence-electron chi connectivity index (χ0n) is 23.6. The fourth-order valence-corrected chi connectivity index (χ4v) is 7.64. The number of esters is 1. The van der Waals surface area contributed by atoms with E-state index in [-0.39, 0.29) is 29.3 Å². The summed E-state index contributed by atoms with van der Waals surface area (Å²) >= 11 is 0. The molecule has 1 aromatic rings. The van der Waals surface area contributed by atoms with Gasteiger partial charge in [0, 0.05) is 37.7 Å². The Balaban J connectivity index is 1.32. The lowest BCUT2D eigenvalue weighted by Crippen LogP contribution is -2.45. The number of hydrogen-bond acceptors (Lipinski definition) is 7. The van der Waals surface area contributed by atoms with E-state index in [1.54, 1.807) is 14.2 Å². The molecule has 210 valence electrons. The van der Waals surface area contributed by atoms with E-state index in [1.807, 2.05) is 12.1 Å². The van der Waals surface area contributed by atoms with Crippen LogP contribution < -0.4 is 9.47 Å². The Morgan fingerprint density at radius 2 is 2.03 bits per heavy atom. The van der Waals surface area contributed by atoms with E-state index in [0.29, 0.717) is 19.0 Å². The summed E-state index contributed by atoms with van der Waals surface area (Å²) in [5, 5.41) is 0. The van der Waals surface area contributed by atoms with Gasteiger partial charge in [-0.1, -0.05) is 31.2 Å². The summed E-state index contributed by atoms with van der Waals surface area (Å²) in [7, 11) is 3.37. The number of hydrogen-bond donors (Lipinski definition) is 0. The molecule has 2 heterocycles. The smallest absolute Gasteiger partial charge is 0.310 e. The second kappa shape index (κ2) is 12.0. The summed E-state index contributed by atoms with van der Waals surface area (Å²) in [6, 6.07) is 6.05. The van der Waals surface area contributed by atoms with Gasteiger partial charge in [0.2, 0.25) is 0 Å². The van der Waals surface area contributed by atoms with Gasteiger partial charge < -0.3 is 18.9 Å². The molecule has 0 amide bonds. The normalized spacial score (nSPS) is 31.6. The lowest BCUT2D eigenvalue weighted by atomic mass is 9.55. The maximum absolute atomic E-state index is 13.3. The van der Waals surface area contributed by atoms with Gasteiger partial charge in [-0.25, -0.2) is 0 Å². The summed E-state index contributed by atoms with van der Waals surface area (Å²) in [5.41, 5.74) is 2.69. The molecule has 7 heteroatoms. The maximum Gasteiger partial charge on any atom is 0.310 e. The predicted molar refractivity (Wildman–Crippen MR) is 147 cm³/mol. The van der Waals surface area contributed by atoms with Gasteiger partial charge >= 0.3 is 5.97 Å². The maximum atomic E-state index is 13.3. The van der Waals surface area contributed by atoms with Crippen LogP contribution in [-0.4, -0.2) is 82.0 Å². The molecule has 4 fully saturated rings. The molecule has 7 nitrogen and oxygen atoms in total. The van der Waals surface area contributed by atoms with Gasteiger partial charge in [-0.05, 0) is 69.0 Å². The quantitative estimate of drug-likeness (QED) is 0.328. The lowest BCUT2D eigenvalue weighted by molar-refractivity contribution is -0.146. The highest BCUT2D eigenvalue weighted by atomic mass is 16.6. The van der Waals surface area contributed by atoms with Gasteiger partial charge in [0.05, 0.1) is 33.4 Å². The molecule has 0 N–H and O–H groups in total. The molecule has 0 radical (unpaired) electrons. The second-order valence-corrected chi connectivity index (χ2v) is 12.1. The average Bonchev–Trinajstić information content (AvgIpc) is 3.20. The van der Waals surface area contributed by atoms with Crippen molar-refractivity contribution in [3.63, 3.8) is 0 Å². The predicted octanol–water partition coefficient (Wildman–Crippen LogP) is 4.54. The largest absolute Gasteiger partial charge is 0.493 e. The van der Waals surface area contributed by atoms with Crippen LogP contribution in [0.3, 0.4) is 0 Å². The van der Waals surface area contributed by atoms with E-state index in [1.165, 1.54) is 18.4 Å². The number of rotatable bonds is 10. The third-order valence-corrected chi connectivity index (χ3v) is 9.71. The number of methoxy groups -OCH3 is 2. The average molecular weight is 527 g/mol. The van der Waals surface area contributed by atoms with Gasteiger partial charge in [-0.15, -0.1) is 0 Å². The second-order valence-electron chi connectivity index (χ2n) is 12.1. The van der Waals surface area contributed by atoms with Crippen LogP contribution in [0.15, 0.2) is 30.4 Å². The molecule has 2 saturated heterocycles. The monoisotopic (exact) mass is 526 g/mol. The highest BCUT2D eigenvalue weighted by Gasteiger charge is 2.55. The van der Waals surface area contributed by atoms with Gasteiger partial charge in [-0.3, -0.25) is 14.6 Å². The molecule has 2 saturated carbocycles. The van der Waals surface area contributed by atoms with Crippen LogP contribution in [0.2, 0.25) is 0 Å². The molecule has 5 rings (SSSR count). The molecule has 1 unspecified atom stereocenters. The summed E-state index contributed by atoms with van der Waals surface area (Å²) in [6.07, 6.45) is 6.64. The molecule has 0 bridgehead atoms. The van der Waals surface area contributed by atoms with Crippen LogP contribution in [0.25, 0.3) is 0 Å². The zero-order chi connectivity index (χ0) is 26.7. The first-order chi connectivity index (χ1) is 18.4. The van der Waals surface area contributed by atoms with Gasteiger partial charge in [0.15, 0.2) is 11.5 Å². The van der Waals surface area contributed by atoms with Crippen molar-refractivity contribution >= 4 is 5.97 Å². The summed E-state index contributed by atoms with van der Waals surface area (Å²) < 4.78 is 22.9. The van der Waals surface area contributed by atoms with E-state index >= 15 is 0 Å². The lowest BCUT2D eigenvalue weighted by Gasteiger charge is -2.50. The summed E-state index contributed by atoms with van der Waals surface area (Å²) in [5.74, 6) is 2.17. The number of ether oxygens (including phenoxy) is 4. The van der Waals surface area contributed by atoms with Crippen molar-refractivity contribution in [1.29, 1.82) is 0 Å². The minimum absolute atomic E-state index is 0.0105. The third kappa shape index (κ3) is 5.75. The van der Waals surface area contributed by atoms with Gasteiger partial charge in [-0.2, -0.15) is 0 Å². The molecular formula is C31H46N2O5. The number of benzene rings is 1. The van der Waals surface area contributed by atoms with Crippen LogP contribution in [-0.2, 0) is 20.8 Å². The molecule has 2 aliphatic heterocycles. The summed E-state index contributed by atoms with van der Waals surface area (Å²) in [6.45, 7) is 13.8. The third-order valence-electron chi connectivity index (χ3n) is 9.71. The number of para-hydroxylation sites is 1. The van der Waals surface area contributed by atoms with Gasteiger partial charge in [0.1, 0.15) is 6.10 Å². The number of morpholine rings is 1. The number of allylic oxidation sites excluding steroid dienone is 1. The first-order valence-electron chi connectivity index (χ1n) is 14.5. The van der Waals surface area contributed by atoms with Crippen molar-refractivity contribution in [2.45, 2.75) is 58.1 Å². The Morgan fingerprint density at radius 1 is 1.21 bits per heavy atom. The topological polar surface area (TPSA) is 60.5 Å². The van der Waals surface area contributed by atoms with Crippen LogP contribution in [0.5, 0.6) is 11.5 Å². The van der Waals surface area contributed by atoms with E-state index in [2.05, 4.69) is 29.4 Å². The Morgan fingerprint density at radius 3 is 2.79 bits per heavy atom. The summed E-state index contributed by atoms with van der Waals surface area (Å²) in [4.78, 5) is 18.2. The fraction of sp³-hybridized carbons (Fsp3) is 0.710. The highest BCUT2D eigenvalue weighted by Crippen LogP contribution is 2.57. The first-order valence-corrected chi connectivity index (χ1v) is 14.5. The van der Waals surface area contributed by atoms with E-state index in [0.717, 1.165) is 82.1 Å². The van der Waals surface area contributed by atoms with E-state index in [9.17, 15) is 4.79 Å². The Hall–Kier alpha value is -2.09. The van der Waals surface area contributed by atoms with Crippen molar-refractivity contribution < 1.29 is 23.7 Å². The molecule has 0 aromatic heterocycles. The molecule has 0 spiro atoms. The van der Waals surface area contributed by atoms with Crippen molar-refractivity contribution in [3.8, 4) is 11.5 Å². The zero-order valence-corrected chi connectivity index (χ0v) is 23.6. The molecule has 2 aliphatic carbocycles. The van der Waals surface area contributed by atoms with Crippen LogP contribution in [0.4, 0.5) is 0 Å². The highest BCUT2D eigenvalue weighted by molar-refractivity contribution is 5.75. The Kier molecular flexibility index (Phi) is 8.65. The van der Waals surface area contributed by atoms with Crippen LogP contribution in [0.1, 0.15) is 51.0 Å². The standard InChI is InChI=1S/C31H46N2O5/c1-22-8-6-11-31(2)19-28-24(18-26(22)31)25(30(34)38-28)21-33(13-7-12-32-14-16-37-17-15-32)20-23-9-5-10-27(35-3)29(23)36-4/h5,9-10,24-26,28H,1,6-8,11-21H2,2-4H3/t24-,25?,26+,28-,31-/m1/s1. The number of nitrogens with zero attached hydrogens (tertiary/aromatic N) is 2. The van der Waals surface area contributed by atoms with Crippen molar-refractivity contribution in [2.75, 3.05) is 60.2 Å². The van der Waals surface area contributed by atoms with Crippen LogP contribution >= 0.6 is 0 Å². The fourth-order valence-electron chi connectivity index (χ4n) is 7.64. The van der Waals surface area contributed by atoms with Crippen molar-refractivity contribution in [2.24, 2.45) is 23.2 Å². The molecule has 38 heavy (non-hydrogen) atoms. The number of carbonyl (C=O) groups is 1. The SMILES string of the molecule is C=C1CCC[C@]2(C)C[C@H]3OC(=O)C(CN(CCCN4CCOCC4)Cc4cccc(OC)c4OC)[C@H]3C[C@@H]12. The Labute approximate surface area is 228 Å². The number of fused-ring (bicyclic) bond motifs is 2. The van der Waals surface area contributed by atoms with E-state index in [4.69, 9.17) is 18.9 Å². The minimum Gasteiger partial charge on any atom is -0.493 e. The number of carbonyl (C=O) groups excluding carboxylic acids is 1. The molecule has 5 atom stereocenters. The minimum atomic E-state index is -0.0979. The van der Waals surface area contributed by atoms with Crippen molar-refractivity contribution in [1.82, 2.24) is 9.80 Å². The Bertz CT molecular complexity index is 992. The molecular weight excluding hydrogens is 480 g/mol.